The van der Waals surface area contributed by atoms with E-state index in [0.717, 1.165) is 38.5 Å². The van der Waals surface area contributed by atoms with E-state index in [0.29, 0.717) is 6.42 Å². The van der Waals surface area contributed by atoms with Crippen molar-refractivity contribution in [2.45, 2.75) is 309 Å². The summed E-state index contributed by atoms with van der Waals surface area (Å²) in [4.78, 5) is 12.5. The average molecular weight is 869 g/mol. The third-order valence-corrected chi connectivity index (χ3v) is 12.8. The van der Waals surface area contributed by atoms with Crippen LogP contribution in [0.25, 0.3) is 0 Å². The first-order valence-electron chi connectivity index (χ1n) is 27.9. The minimum atomic E-state index is -0.862. The Hall–Kier alpha value is -1.65. The number of nitrogens with one attached hydrogen (secondary N) is 1. The lowest BCUT2D eigenvalue weighted by Crippen LogP contribution is -2.45. The number of unbranched alkanes of at least 4 members (excludes halogenated alkanes) is 38. The SMILES string of the molecule is CCCCCCC/C=C\C/C=C\CCCCCCCCCCCCCCCCCCCC(=O)NC(CO)C(O)/C=C/CC/C=C/CCCCCCCCCCCCCCCCC. The summed E-state index contributed by atoms with van der Waals surface area (Å²) in [6.07, 6.45) is 74.1. The van der Waals surface area contributed by atoms with E-state index >= 15 is 0 Å². The zero-order valence-corrected chi connectivity index (χ0v) is 41.9. The van der Waals surface area contributed by atoms with Crippen molar-refractivity contribution >= 4 is 5.91 Å². The van der Waals surface area contributed by atoms with Crippen LogP contribution in [0.1, 0.15) is 296 Å². The summed E-state index contributed by atoms with van der Waals surface area (Å²) >= 11 is 0. The zero-order valence-electron chi connectivity index (χ0n) is 41.9. The van der Waals surface area contributed by atoms with E-state index in [1.807, 2.05) is 6.08 Å². The van der Waals surface area contributed by atoms with Crippen LogP contribution in [0.2, 0.25) is 0 Å². The highest BCUT2D eigenvalue weighted by Gasteiger charge is 2.18. The number of hydrogen-bond donors (Lipinski definition) is 3. The molecule has 0 aliphatic heterocycles. The normalized spacial score (nSPS) is 13.2. The number of hydrogen-bond acceptors (Lipinski definition) is 3. The Labute approximate surface area is 388 Å². The summed E-state index contributed by atoms with van der Waals surface area (Å²) < 4.78 is 0. The second-order valence-electron chi connectivity index (χ2n) is 19.0. The van der Waals surface area contributed by atoms with Gasteiger partial charge in [-0.05, 0) is 64.2 Å². The van der Waals surface area contributed by atoms with Crippen molar-refractivity contribution in [2.24, 2.45) is 0 Å². The number of carbonyl (C=O) groups excluding carboxylic acids is 1. The lowest BCUT2D eigenvalue weighted by atomic mass is 10.0. The third-order valence-electron chi connectivity index (χ3n) is 12.8. The number of amides is 1. The van der Waals surface area contributed by atoms with Gasteiger partial charge in [0.2, 0.25) is 5.91 Å². The first kappa shape index (κ1) is 60.4. The van der Waals surface area contributed by atoms with E-state index in [4.69, 9.17) is 0 Å². The smallest absolute Gasteiger partial charge is 0.220 e. The molecular weight excluding hydrogens is 759 g/mol. The molecule has 0 saturated heterocycles. The molecule has 0 radical (unpaired) electrons. The molecule has 1 amide bonds. The molecule has 4 heteroatoms. The van der Waals surface area contributed by atoms with Crippen LogP contribution in [0.3, 0.4) is 0 Å². The summed E-state index contributed by atoms with van der Waals surface area (Å²) in [7, 11) is 0. The van der Waals surface area contributed by atoms with E-state index in [1.54, 1.807) is 6.08 Å². The molecular formula is C58H109NO3. The Balaban J connectivity index is 3.51. The monoisotopic (exact) mass is 868 g/mol. The largest absolute Gasteiger partial charge is 0.394 e. The number of aliphatic hydroxyl groups is 2. The molecule has 0 spiro atoms. The Morgan fingerprint density at radius 3 is 1.03 bits per heavy atom. The van der Waals surface area contributed by atoms with Crippen molar-refractivity contribution in [3.05, 3.63) is 48.6 Å². The van der Waals surface area contributed by atoms with E-state index < -0.39 is 12.1 Å². The zero-order chi connectivity index (χ0) is 44.9. The highest BCUT2D eigenvalue weighted by molar-refractivity contribution is 5.76. The fourth-order valence-corrected chi connectivity index (χ4v) is 8.52. The Morgan fingerprint density at radius 1 is 0.387 bits per heavy atom. The average Bonchev–Trinajstić information content (AvgIpc) is 3.28. The standard InChI is InChI=1S/C58H109NO3/c1-3-5-7-9-11-13-15-17-19-21-23-25-26-27-28-29-30-31-32-34-36-38-40-42-44-46-48-50-52-54-58(62)59-56(55-60)57(61)53-51-49-47-45-43-41-39-37-35-33-24-22-20-18-16-14-12-10-8-6-4-2/h15,17,21,23,43,45,51,53,56-57,60-61H,3-14,16,18-20,22,24-42,44,46-50,52,54-55H2,1-2H3,(H,59,62)/b17-15-,23-21-,45-43+,53-51+. The lowest BCUT2D eigenvalue weighted by Gasteiger charge is -2.19. The minimum absolute atomic E-state index is 0.0703. The molecule has 0 bridgehead atoms. The predicted octanol–water partition coefficient (Wildman–Crippen LogP) is 18.3. The number of carbonyl (C=O) groups is 1. The maximum atomic E-state index is 12.5. The Kier molecular flexibility index (Phi) is 52.3. The molecule has 0 aliphatic rings. The van der Waals surface area contributed by atoms with Crippen LogP contribution >= 0.6 is 0 Å². The number of aliphatic hydroxyl groups excluding tert-OH is 2. The molecule has 0 saturated carbocycles. The molecule has 0 aromatic rings. The van der Waals surface area contributed by atoms with Gasteiger partial charge in [-0.2, -0.15) is 0 Å². The van der Waals surface area contributed by atoms with Crippen molar-refractivity contribution < 1.29 is 15.0 Å². The summed E-state index contributed by atoms with van der Waals surface area (Å²) in [6, 6.07) is -0.639. The van der Waals surface area contributed by atoms with Crippen molar-refractivity contribution in [1.82, 2.24) is 5.32 Å². The predicted molar refractivity (Wildman–Crippen MR) is 276 cm³/mol. The van der Waals surface area contributed by atoms with Crippen LogP contribution in [0.5, 0.6) is 0 Å². The van der Waals surface area contributed by atoms with E-state index in [1.165, 1.54) is 238 Å². The van der Waals surface area contributed by atoms with Gasteiger partial charge in [0.15, 0.2) is 0 Å². The summed E-state index contributed by atoms with van der Waals surface area (Å²) in [6.45, 7) is 4.31. The molecule has 0 fully saturated rings. The van der Waals surface area contributed by atoms with Crippen molar-refractivity contribution in [3.63, 3.8) is 0 Å². The maximum Gasteiger partial charge on any atom is 0.220 e. The molecule has 2 atom stereocenters. The lowest BCUT2D eigenvalue weighted by molar-refractivity contribution is -0.123. The van der Waals surface area contributed by atoms with Crippen LogP contribution in [0.4, 0.5) is 0 Å². The fourth-order valence-electron chi connectivity index (χ4n) is 8.52. The second-order valence-corrected chi connectivity index (χ2v) is 19.0. The van der Waals surface area contributed by atoms with Gasteiger partial charge in [-0.25, -0.2) is 0 Å². The van der Waals surface area contributed by atoms with Gasteiger partial charge >= 0.3 is 0 Å². The molecule has 2 unspecified atom stereocenters. The molecule has 0 aliphatic carbocycles. The van der Waals surface area contributed by atoms with Gasteiger partial charge in [-0.15, -0.1) is 0 Å². The van der Waals surface area contributed by atoms with E-state index in [-0.39, 0.29) is 12.5 Å². The first-order chi connectivity index (χ1) is 30.7. The van der Waals surface area contributed by atoms with Crippen LogP contribution < -0.4 is 5.32 Å². The van der Waals surface area contributed by atoms with Gasteiger partial charge in [0.25, 0.3) is 0 Å². The molecule has 62 heavy (non-hydrogen) atoms. The number of rotatable bonds is 51. The van der Waals surface area contributed by atoms with Gasteiger partial charge in [0.05, 0.1) is 18.8 Å². The van der Waals surface area contributed by atoms with Gasteiger partial charge in [-0.1, -0.05) is 274 Å². The molecule has 4 nitrogen and oxygen atoms in total. The van der Waals surface area contributed by atoms with Gasteiger partial charge in [-0.3, -0.25) is 4.79 Å². The summed E-state index contributed by atoms with van der Waals surface area (Å²) in [5, 5.41) is 23.1. The topological polar surface area (TPSA) is 69.6 Å². The van der Waals surface area contributed by atoms with E-state index in [2.05, 4.69) is 55.6 Å². The van der Waals surface area contributed by atoms with E-state index in [9.17, 15) is 15.0 Å². The van der Waals surface area contributed by atoms with Crippen molar-refractivity contribution in [1.29, 1.82) is 0 Å². The van der Waals surface area contributed by atoms with Crippen LogP contribution in [-0.2, 0) is 4.79 Å². The number of allylic oxidation sites excluding steroid dienone is 7. The van der Waals surface area contributed by atoms with Gasteiger partial charge in [0, 0.05) is 6.42 Å². The Bertz CT molecular complexity index is 985. The minimum Gasteiger partial charge on any atom is -0.394 e. The van der Waals surface area contributed by atoms with Gasteiger partial charge in [0.1, 0.15) is 0 Å². The van der Waals surface area contributed by atoms with Crippen LogP contribution in [-0.4, -0.2) is 34.9 Å². The third kappa shape index (κ3) is 49.4. The summed E-state index contributed by atoms with van der Waals surface area (Å²) in [5.41, 5.74) is 0. The quantitative estimate of drug-likeness (QED) is 0.0421. The molecule has 0 aromatic heterocycles. The Morgan fingerprint density at radius 2 is 0.677 bits per heavy atom. The molecule has 0 rings (SSSR count). The fraction of sp³-hybridized carbons (Fsp3) is 0.845. The van der Waals surface area contributed by atoms with Crippen molar-refractivity contribution in [3.8, 4) is 0 Å². The molecule has 0 heterocycles. The molecule has 0 aromatic carbocycles. The van der Waals surface area contributed by atoms with Gasteiger partial charge < -0.3 is 15.5 Å². The maximum absolute atomic E-state index is 12.5. The first-order valence-corrected chi connectivity index (χ1v) is 27.9. The highest BCUT2D eigenvalue weighted by atomic mass is 16.3. The highest BCUT2D eigenvalue weighted by Crippen LogP contribution is 2.17. The second kappa shape index (κ2) is 53.7. The van der Waals surface area contributed by atoms with Crippen molar-refractivity contribution in [2.75, 3.05) is 6.61 Å². The van der Waals surface area contributed by atoms with Crippen LogP contribution in [0.15, 0.2) is 48.6 Å². The summed E-state index contributed by atoms with van der Waals surface area (Å²) in [5.74, 6) is -0.0703. The molecule has 3 N–H and O–H groups in total. The van der Waals surface area contributed by atoms with Crippen LogP contribution in [0, 0.1) is 0 Å². The molecule has 364 valence electrons.